The van der Waals surface area contributed by atoms with Crippen molar-refractivity contribution in [3.63, 3.8) is 0 Å². The van der Waals surface area contributed by atoms with Gasteiger partial charge in [-0.15, -0.1) is 0 Å². The molecule has 2 aliphatic rings. The highest BCUT2D eigenvalue weighted by Gasteiger charge is 2.55. The monoisotopic (exact) mass is 487 g/mol. The Labute approximate surface area is 200 Å². The molecule has 2 aromatic carbocycles. The molecule has 1 N–H and O–H groups in total. The number of cyclic esters (lactones) is 1. The Hall–Kier alpha value is -3.82. The molecule has 0 spiro atoms. The predicted octanol–water partition coefficient (Wildman–Crippen LogP) is 3.67. The minimum absolute atomic E-state index is 0.114. The second-order valence-corrected chi connectivity index (χ2v) is 8.31. The van der Waals surface area contributed by atoms with Gasteiger partial charge in [0, 0.05) is 6.54 Å². The molecule has 2 aliphatic heterocycles. The predicted molar refractivity (Wildman–Crippen MR) is 120 cm³/mol. The molecule has 0 bridgehead atoms. The van der Waals surface area contributed by atoms with Gasteiger partial charge in [-0.2, -0.15) is 13.2 Å². The molecular weight excluding hydrogens is 463 g/mol. The summed E-state index contributed by atoms with van der Waals surface area (Å²) in [5, 5.41) is 2.56. The summed E-state index contributed by atoms with van der Waals surface area (Å²) >= 11 is 0. The minimum atomic E-state index is -4.48. The Morgan fingerprint density at radius 3 is 2.57 bits per heavy atom. The van der Waals surface area contributed by atoms with Crippen molar-refractivity contribution in [2.75, 3.05) is 13.2 Å². The summed E-state index contributed by atoms with van der Waals surface area (Å²) in [5.74, 6) is -0.922. The van der Waals surface area contributed by atoms with Gasteiger partial charge in [-0.1, -0.05) is 54.6 Å². The molecule has 35 heavy (non-hydrogen) atoms. The topological polar surface area (TPSA) is 79.0 Å². The van der Waals surface area contributed by atoms with Crippen LogP contribution >= 0.6 is 0 Å². The van der Waals surface area contributed by atoms with Crippen LogP contribution in [-0.4, -0.2) is 52.9 Å². The summed E-state index contributed by atoms with van der Waals surface area (Å²) < 4.78 is 43.9. The first-order valence-corrected chi connectivity index (χ1v) is 11.1. The number of carbonyl (C=O) groups is 3. The van der Waals surface area contributed by atoms with Gasteiger partial charge in [0.2, 0.25) is 11.8 Å². The van der Waals surface area contributed by atoms with Crippen LogP contribution in [0.1, 0.15) is 29.7 Å². The third kappa shape index (κ3) is 5.01. The van der Waals surface area contributed by atoms with E-state index in [1.165, 1.54) is 21.9 Å². The number of nitrogens with one attached hydrogen (secondary N) is 1. The highest BCUT2D eigenvalue weighted by molar-refractivity contribution is 5.96. The zero-order valence-corrected chi connectivity index (χ0v) is 18.9. The van der Waals surface area contributed by atoms with Crippen LogP contribution in [0.15, 0.2) is 66.7 Å². The normalized spacial score (nSPS) is 22.3. The number of alkyl halides is 3. The quantitative estimate of drug-likeness (QED) is 0.478. The lowest BCUT2D eigenvalue weighted by Crippen LogP contribution is -2.71. The van der Waals surface area contributed by atoms with Crippen molar-refractivity contribution in [1.82, 2.24) is 15.1 Å². The van der Waals surface area contributed by atoms with Gasteiger partial charge in [0.1, 0.15) is 19.2 Å². The van der Waals surface area contributed by atoms with E-state index in [-0.39, 0.29) is 25.3 Å². The zero-order chi connectivity index (χ0) is 25.2. The summed E-state index contributed by atoms with van der Waals surface area (Å²) in [4.78, 5) is 40.8. The molecule has 0 aliphatic carbocycles. The van der Waals surface area contributed by atoms with Crippen molar-refractivity contribution in [1.29, 1.82) is 0 Å². The third-order valence-electron chi connectivity index (χ3n) is 6.06. The molecule has 2 fully saturated rings. The molecule has 3 atom stereocenters. The van der Waals surface area contributed by atoms with Crippen molar-refractivity contribution >= 4 is 17.9 Å². The number of benzene rings is 2. The number of nitrogens with zero attached hydrogens (tertiary/aromatic N) is 2. The van der Waals surface area contributed by atoms with Gasteiger partial charge in [-0.25, -0.2) is 4.79 Å². The van der Waals surface area contributed by atoms with E-state index in [2.05, 4.69) is 5.32 Å². The maximum Gasteiger partial charge on any atom is 0.416 e. The molecule has 2 saturated heterocycles. The first-order valence-electron chi connectivity index (χ1n) is 11.1. The Kier molecular flexibility index (Phi) is 6.81. The van der Waals surface area contributed by atoms with Crippen molar-refractivity contribution in [2.45, 2.75) is 37.8 Å². The van der Waals surface area contributed by atoms with E-state index in [0.29, 0.717) is 0 Å². The second kappa shape index (κ2) is 9.81. The lowest BCUT2D eigenvalue weighted by atomic mass is 9.91. The van der Waals surface area contributed by atoms with Crippen LogP contribution in [0.2, 0.25) is 0 Å². The van der Waals surface area contributed by atoms with E-state index in [1.807, 2.05) is 30.3 Å². The maximum absolute atomic E-state index is 13.1. The molecule has 4 rings (SSSR count). The SMILES string of the molecule is CC=C[C@@H]1[C@H](N2C(=O)OC[C@@H]2c2ccccc2)C(=O)N1CC(=O)NCc1cccc(C(F)(F)F)c1. The number of hydrogen-bond donors (Lipinski definition) is 1. The molecule has 184 valence electrons. The number of amides is 3. The molecule has 0 aromatic heterocycles. The van der Waals surface area contributed by atoms with Crippen LogP contribution in [0.4, 0.5) is 18.0 Å². The van der Waals surface area contributed by atoms with Crippen molar-refractivity contribution in [3.05, 3.63) is 83.4 Å². The molecule has 3 amide bonds. The molecule has 0 unspecified atom stereocenters. The number of halogens is 3. The van der Waals surface area contributed by atoms with Gasteiger partial charge >= 0.3 is 12.3 Å². The van der Waals surface area contributed by atoms with Crippen LogP contribution < -0.4 is 5.32 Å². The number of likely N-dealkylation sites (tertiary alicyclic amines) is 1. The number of hydrogen-bond acceptors (Lipinski definition) is 4. The number of β-lactam (4-membered cyclic amide) rings is 1. The Balaban J connectivity index is 1.42. The van der Waals surface area contributed by atoms with Crippen LogP contribution in [-0.2, 0) is 27.0 Å². The summed E-state index contributed by atoms with van der Waals surface area (Å²) in [6.07, 6.45) is -1.61. The Morgan fingerprint density at radius 2 is 1.89 bits per heavy atom. The number of carbonyl (C=O) groups excluding carboxylic acids is 3. The molecule has 0 radical (unpaired) electrons. The van der Waals surface area contributed by atoms with Gasteiger partial charge in [-0.05, 0) is 30.2 Å². The van der Waals surface area contributed by atoms with Crippen LogP contribution in [0.3, 0.4) is 0 Å². The van der Waals surface area contributed by atoms with E-state index in [0.717, 1.165) is 17.7 Å². The zero-order valence-electron chi connectivity index (χ0n) is 18.9. The fourth-order valence-corrected chi connectivity index (χ4v) is 4.37. The van der Waals surface area contributed by atoms with Gasteiger partial charge in [0.15, 0.2) is 0 Å². The number of allylic oxidation sites excluding steroid dienone is 1. The smallest absolute Gasteiger partial charge is 0.416 e. The van der Waals surface area contributed by atoms with E-state index < -0.39 is 47.8 Å². The van der Waals surface area contributed by atoms with Crippen LogP contribution in [0, 0.1) is 0 Å². The molecule has 10 heteroatoms. The lowest BCUT2D eigenvalue weighted by molar-refractivity contribution is -0.157. The number of ether oxygens (including phenoxy) is 1. The minimum Gasteiger partial charge on any atom is -0.447 e. The fourth-order valence-electron chi connectivity index (χ4n) is 4.37. The Bertz CT molecular complexity index is 1140. The van der Waals surface area contributed by atoms with Crippen LogP contribution in [0.25, 0.3) is 0 Å². The standard InChI is InChI=1S/C25H24F3N3O4/c1-2-7-19-22(31-20(15-35-24(31)34)17-9-4-3-5-10-17)23(33)30(19)14-21(32)29-13-16-8-6-11-18(12-16)25(26,27)28/h2-12,19-20,22H,13-15H2,1H3,(H,29,32)/t19-,20-,22+/m1/s1. The molecule has 7 nitrogen and oxygen atoms in total. The molecule has 2 aromatic rings. The fraction of sp³-hybridized carbons (Fsp3) is 0.320. The van der Waals surface area contributed by atoms with Gasteiger partial charge < -0.3 is 15.0 Å². The van der Waals surface area contributed by atoms with Crippen molar-refractivity contribution in [2.24, 2.45) is 0 Å². The summed E-state index contributed by atoms with van der Waals surface area (Å²) in [5.41, 5.74) is 0.322. The molecule has 2 heterocycles. The van der Waals surface area contributed by atoms with Crippen LogP contribution in [0.5, 0.6) is 0 Å². The average Bonchev–Trinajstić information content (AvgIpc) is 3.21. The van der Waals surface area contributed by atoms with Gasteiger partial charge in [-0.3, -0.25) is 14.5 Å². The molecule has 0 saturated carbocycles. The second-order valence-electron chi connectivity index (χ2n) is 8.31. The number of rotatable bonds is 7. The van der Waals surface area contributed by atoms with E-state index in [4.69, 9.17) is 4.74 Å². The summed E-state index contributed by atoms with van der Waals surface area (Å²) in [6.45, 7) is 1.48. The lowest BCUT2D eigenvalue weighted by Gasteiger charge is -2.49. The first-order chi connectivity index (χ1) is 16.7. The van der Waals surface area contributed by atoms with E-state index in [1.54, 1.807) is 19.1 Å². The van der Waals surface area contributed by atoms with Gasteiger partial charge in [0.05, 0.1) is 17.6 Å². The van der Waals surface area contributed by atoms with E-state index >= 15 is 0 Å². The van der Waals surface area contributed by atoms with Crippen molar-refractivity contribution in [3.8, 4) is 0 Å². The maximum atomic E-state index is 13.1. The van der Waals surface area contributed by atoms with Crippen molar-refractivity contribution < 1.29 is 32.3 Å². The summed E-state index contributed by atoms with van der Waals surface area (Å²) in [6, 6.07) is 12.1. The highest BCUT2D eigenvalue weighted by atomic mass is 19.4. The first kappa shape index (κ1) is 24.3. The molecular formula is C25H24F3N3O4. The average molecular weight is 487 g/mol. The van der Waals surface area contributed by atoms with Gasteiger partial charge in [0.25, 0.3) is 0 Å². The largest absolute Gasteiger partial charge is 0.447 e. The van der Waals surface area contributed by atoms with E-state index in [9.17, 15) is 27.6 Å². The highest BCUT2D eigenvalue weighted by Crippen LogP contribution is 2.37. The third-order valence-corrected chi connectivity index (χ3v) is 6.06. The Morgan fingerprint density at radius 1 is 1.14 bits per heavy atom. The summed E-state index contributed by atoms with van der Waals surface area (Å²) in [7, 11) is 0.